The van der Waals surface area contributed by atoms with Gasteiger partial charge in [0.1, 0.15) is 18.0 Å². The third kappa shape index (κ3) is 2.79. The zero-order valence-electron chi connectivity index (χ0n) is 12.8. The van der Waals surface area contributed by atoms with Crippen LogP contribution in [0.15, 0.2) is 34.7 Å². The molecule has 5 heteroatoms. The fourth-order valence-corrected chi connectivity index (χ4v) is 2.52. The van der Waals surface area contributed by atoms with Gasteiger partial charge in [-0.15, -0.1) is 0 Å². The Morgan fingerprint density at radius 2 is 2.09 bits per heavy atom. The van der Waals surface area contributed by atoms with Crippen molar-refractivity contribution in [3.05, 3.63) is 47.4 Å². The summed E-state index contributed by atoms with van der Waals surface area (Å²) in [4.78, 5) is 11.3. The lowest BCUT2D eigenvalue weighted by Gasteiger charge is -2.18. The predicted molar refractivity (Wildman–Crippen MR) is 79.2 cm³/mol. The highest BCUT2D eigenvalue weighted by Gasteiger charge is 2.32. The van der Waals surface area contributed by atoms with E-state index in [0.29, 0.717) is 11.5 Å². The van der Waals surface area contributed by atoms with E-state index in [4.69, 9.17) is 13.9 Å². The van der Waals surface area contributed by atoms with Gasteiger partial charge in [0.15, 0.2) is 11.5 Å². The molecule has 0 spiro atoms. The number of hydrogen-bond acceptors (Lipinski definition) is 5. The summed E-state index contributed by atoms with van der Waals surface area (Å²) in [5.41, 5.74) is 0.919. The molecule has 2 heterocycles. The van der Waals surface area contributed by atoms with Crippen molar-refractivity contribution in [3.8, 4) is 11.5 Å². The number of methoxy groups -OCH3 is 1. The largest absolute Gasteiger partial charge is 0.483 e. The molecule has 0 N–H and O–H groups in total. The Balaban J connectivity index is 1.72. The van der Waals surface area contributed by atoms with Crippen LogP contribution in [0.4, 0.5) is 0 Å². The Hall–Kier alpha value is -2.43. The van der Waals surface area contributed by atoms with Crippen molar-refractivity contribution in [1.29, 1.82) is 0 Å². The topological polar surface area (TPSA) is 57.9 Å². The van der Waals surface area contributed by atoms with Gasteiger partial charge in [-0.1, -0.05) is 12.1 Å². The minimum absolute atomic E-state index is 0.164. The Bertz CT molecular complexity index is 699. The van der Waals surface area contributed by atoms with E-state index in [0.717, 1.165) is 17.7 Å². The molecule has 1 aromatic heterocycles. The summed E-state index contributed by atoms with van der Waals surface area (Å²) in [5.74, 6) is 1.68. The van der Waals surface area contributed by atoms with Gasteiger partial charge < -0.3 is 18.6 Å². The first-order valence-corrected chi connectivity index (χ1v) is 7.09. The number of furan rings is 1. The maximum Gasteiger partial charge on any atom is 0.373 e. The van der Waals surface area contributed by atoms with Crippen molar-refractivity contribution in [2.24, 2.45) is 0 Å². The van der Waals surface area contributed by atoms with Crippen LogP contribution in [0.25, 0.3) is 0 Å². The molecule has 116 valence electrons. The van der Waals surface area contributed by atoms with Gasteiger partial charge in [0.05, 0.1) is 7.11 Å². The second-order valence-corrected chi connectivity index (χ2v) is 5.83. The number of ether oxygens (including phenoxy) is 3. The van der Waals surface area contributed by atoms with Crippen LogP contribution >= 0.6 is 0 Å². The molecule has 1 aliphatic heterocycles. The maximum atomic E-state index is 11.3. The average molecular weight is 302 g/mol. The third-order valence-electron chi connectivity index (χ3n) is 3.47. The molecule has 22 heavy (non-hydrogen) atoms. The highest BCUT2D eigenvalue weighted by molar-refractivity contribution is 5.86. The van der Waals surface area contributed by atoms with Crippen LogP contribution in [0.2, 0.25) is 0 Å². The Labute approximate surface area is 128 Å². The minimum atomic E-state index is -0.503. The van der Waals surface area contributed by atoms with E-state index in [1.54, 1.807) is 12.1 Å². The smallest absolute Gasteiger partial charge is 0.373 e. The molecule has 1 aromatic carbocycles. The Morgan fingerprint density at radius 3 is 2.86 bits per heavy atom. The number of esters is 1. The summed E-state index contributed by atoms with van der Waals surface area (Å²) in [5, 5.41) is 0. The number of hydrogen-bond donors (Lipinski definition) is 0. The van der Waals surface area contributed by atoms with Crippen molar-refractivity contribution >= 4 is 5.97 Å². The molecule has 0 amide bonds. The Morgan fingerprint density at radius 1 is 1.27 bits per heavy atom. The van der Waals surface area contributed by atoms with Crippen molar-refractivity contribution in [2.45, 2.75) is 32.5 Å². The molecule has 0 fully saturated rings. The molecule has 5 nitrogen and oxygen atoms in total. The summed E-state index contributed by atoms with van der Waals surface area (Å²) in [7, 11) is 1.31. The number of para-hydroxylation sites is 1. The number of carbonyl (C=O) groups is 1. The van der Waals surface area contributed by atoms with Crippen molar-refractivity contribution in [1.82, 2.24) is 0 Å². The van der Waals surface area contributed by atoms with Crippen LogP contribution in [0.1, 0.15) is 35.7 Å². The van der Waals surface area contributed by atoms with Crippen molar-refractivity contribution < 1.29 is 23.4 Å². The van der Waals surface area contributed by atoms with E-state index < -0.39 is 5.97 Å². The van der Waals surface area contributed by atoms with Gasteiger partial charge in [0, 0.05) is 12.0 Å². The fourth-order valence-electron chi connectivity index (χ4n) is 2.52. The number of rotatable bonds is 4. The van der Waals surface area contributed by atoms with Gasteiger partial charge >= 0.3 is 5.97 Å². The van der Waals surface area contributed by atoms with Crippen LogP contribution < -0.4 is 9.47 Å². The first-order chi connectivity index (χ1) is 10.5. The minimum Gasteiger partial charge on any atom is -0.483 e. The molecule has 2 aromatic rings. The molecule has 0 saturated heterocycles. The average Bonchev–Trinajstić information content (AvgIpc) is 3.06. The maximum absolute atomic E-state index is 11.3. The first-order valence-electron chi connectivity index (χ1n) is 7.09. The molecule has 0 aliphatic carbocycles. The Kier molecular flexibility index (Phi) is 3.56. The van der Waals surface area contributed by atoms with Crippen molar-refractivity contribution in [3.63, 3.8) is 0 Å². The van der Waals surface area contributed by atoms with Crippen LogP contribution in [0, 0.1) is 0 Å². The van der Waals surface area contributed by atoms with Gasteiger partial charge in [0.2, 0.25) is 5.76 Å². The molecule has 0 atom stereocenters. The quantitative estimate of drug-likeness (QED) is 0.811. The summed E-state index contributed by atoms with van der Waals surface area (Å²) >= 11 is 0. The molecule has 0 unspecified atom stereocenters. The zero-order valence-corrected chi connectivity index (χ0v) is 12.8. The SMILES string of the molecule is COC(=O)c1ccc(COc2cccc3c2OC(C)(C)C3)o1. The molecule has 3 rings (SSSR count). The standard InChI is InChI=1S/C17H18O5/c1-17(2)9-11-5-4-6-13(15(11)22-17)20-10-12-7-8-14(21-12)16(18)19-3/h4-8H,9-10H2,1-3H3. The summed E-state index contributed by atoms with van der Waals surface area (Å²) in [6.45, 7) is 4.31. The first kappa shape index (κ1) is 14.5. The lowest BCUT2D eigenvalue weighted by atomic mass is 10.0. The van der Waals surface area contributed by atoms with Crippen molar-refractivity contribution in [2.75, 3.05) is 7.11 Å². The van der Waals surface area contributed by atoms with Gasteiger partial charge in [-0.2, -0.15) is 0 Å². The third-order valence-corrected chi connectivity index (χ3v) is 3.47. The lowest BCUT2D eigenvalue weighted by molar-refractivity contribution is 0.0560. The molecule has 0 bridgehead atoms. The highest BCUT2D eigenvalue weighted by Crippen LogP contribution is 2.41. The van der Waals surface area contributed by atoms with E-state index in [9.17, 15) is 4.79 Å². The number of carbonyl (C=O) groups excluding carboxylic acids is 1. The van der Waals surface area contributed by atoms with Crippen LogP contribution in [-0.4, -0.2) is 18.7 Å². The monoisotopic (exact) mass is 302 g/mol. The highest BCUT2D eigenvalue weighted by atomic mass is 16.5. The van der Waals surface area contributed by atoms with Gasteiger partial charge in [-0.05, 0) is 32.0 Å². The lowest BCUT2D eigenvalue weighted by Crippen LogP contribution is -2.24. The second kappa shape index (κ2) is 5.40. The summed E-state index contributed by atoms with van der Waals surface area (Å²) in [6.07, 6.45) is 0.854. The second-order valence-electron chi connectivity index (χ2n) is 5.83. The number of benzene rings is 1. The molecular weight excluding hydrogens is 284 g/mol. The molecular formula is C17H18O5. The van der Waals surface area contributed by atoms with Gasteiger partial charge in [-0.3, -0.25) is 0 Å². The van der Waals surface area contributed by atoms with Crippen LogP contribution in [-0.2, 0) is 17.8 Å². The predicted octanol–water partition coefficient (Wildman–Crippen LogP) is 3.36. The van der Waals surface area contributed by atoms with Gasteiger partial charge in [0.25, 0.3) is 0 Å². The normalized spacial score (nSPS) is 15.0. The zero-order chi connectivity index (χ0) is 15.7. The summed E-state index contributed by atoms with van der Waals surface area (Å²) in [6, 6.07) is 9.12. The molecule has 0 saturated carbocycles. The van der Waals surface area contributed by atoms with Gasteiger partial charge in [-0.25, -0.2) is 4.79 Å². The van der Waals surface area contributed by atoms with Crippen LogP contribution in [0.3, 0.4) is 0 Å². The van der Waals surface area contributed by atoms with E-state index in [1.807, 2.05) is 32.0 Å². The van der Waals surface area contributed by atoms with E-state index >= 15 is 0 Å². The summed E-state index contributed by atoms with van der Waals surface area (Å²) < 4.78 is 21.7. The van der Waals surface area contributed by atoms with Crippen LogP contribution in [0.5, 0.6) is 11.5 Å². The van der Waals surface area contributed by atoms with E-state index in [1.165, 1.54) is 7.11 Å². The van der Waals surface area contributed by atoms with E-state index in [2.05, 4.69) is 4.74 Å². The fraction of sp³-hybridized carbons (Fsp3) is 0.353. The molecule has 1 aliphatic rings. The molecule has 0 radical (unpaired) electrons. The van der Waals surface area contributed by atoms with E-state index in [-0.39, 0.29) is 18.0 Å². The number of fused-ring (bicyclic) bond motifs is 1.